The summed E-state index contributed by atoms with van der Waals surface area (Å²) >= 11 is 1.73. The zero-order valence-electron chi connectivity index (χ0n) is 20.6. The number of thiophene rings is 1. The molecular formula is C27H36N6S. The molecule has 3 rings (SSSR count). The van der Waals surface area contributed by atoms with Crippen molar-refractivity contribution in [2.75, 3.05) is 38.5 Å². The maximum absolute atomic E-state index is 4.53. The van der Waals surface area contributed by atoms with E-state index >= 15 is 0 Å². The Bertz CT molecular complexity index is 1060. The fourth-order valence-electron chi connectivity index (χ4n) is 3.73. The lowest BCUT2D eigenvalue weighted by Crippen LogP contribution is -2.32. The summed E-state index contributed by atoms with van der Waals surface area (Å²) in [5, 5.41) is 7.82. The van der Waals surface area contributed by atoms with E-state index in [1.165, 1.54) is 28.8 Å². The fraction of sp³-hybridized carbons (Fsp3) is 0.370. The third kappa shape index (κ3) is 8.17. The van der Waals surface area contributed by atoms with Crippen molar-refractivity contribution in [3.8, 4) is 0 Å². The summed E-state index contributed by atoms with van der Waals surface area (Å²) in [5.74, 6) is 0.890. The van der Waals surface area contributed by atoms with Crippen LogP contribution in [0.3, 0.4) is 0 Å². The molecule has 6 nitrogen and oxygen atoms in total. The van der Waals surface area contributed by atoms with E-state index in [4.69, 9.17) is 0 Å². The van der Waals surface area contributed by atoms with Crippen LogP contribution >= 0.6 is 11.3 Å². The van der Waals surface area contributed by atoms with Crippen LogP contribution in [0.5, 0.6) is 0 Å². The molecule has 0 amide bonds. The van der Waals surface area contributed by atoms with Gasteiger partial charge in [-0.1, -0.05) is 25.7 Å². The van der Waals surface area contributed by atoms with Crippen LogP contribution in [-0.4, -0.2) is 53.1 Å². The summed E-state index contributed by atoms with van der Waals surface area (Å²) in [6.07, 6.45) is 14.5. The van der Waals surface area contributed by atoms with Crippen LogP contribution in [0.15, 0.2) is 55.8 Å². The SMILES string of the molecule is C=C(/C=C\c1cc(Nc2cc(CCCN(CCC)CCNC)ccn2)sc1C)c1cncnc1. The summed E-state index contributed by atoms with van der Waals surface area (Å²) < 4.78 is 0. The molecule has 3 aromatic rings. The highest BCUT2D eigenvalue weighted by Crippen LogP contribution is 2.30. The number of pyridine rings is 1. The Balaban J connectivity index is 1.56. The van der Waals surface area contributed by atoms with E-state index in [9.17, 15) is 0 Å². The van der Waals surface area contributed by atoms with E-state index in [0.29, 0.717) is 0 Å². The maximum atomic E-state index is 4.53. The zero-order chi connectivity index (χ0) is 24.2. The molecule has 3 aromatic heterocycles. The van der Waals surface area contributed by atoms with Crippen LogP contribution in [-0.2, 0) is 6.42 Å². The molecule has 0 radical (unpaired) electrons. The van der Waals surface area contributed by atoms with Crippen molar-refractivity contribution < 1.29 is 0 Å². The van der Waals surface area contributed by atoms with Gasteiger partial charge in [0.05, 0.1) is 5.00 Å². The molecule has 0 bridgehead atoms. The molecule has 0 aromatic carbocycles. The second-order valence-electron chi connectivity index (χ2n) is 8.33. The topological polar surface area (TPSA) is 66.0 Å². The first-order valence-electron chi connectivity index (χ1n) is 11.9. The molecule has 0 aliphatic carbocycles. The standard InChI is InChI=1S/C27H36N6S/c1-5-13-33(15-12-28-4)14-6-7-23-10-11-31-26(16-23)32-27-17-24(22(3)34-27)9-8-21(2)25-18-29-20-30-19-25/h8-11,16-20,28H,2,5-7,12-15H2,1,3-4H3,(H,31,32)/b9-8-. The normalized spacial score (nSPS) is 11.4. The molecule has 2 N–H and O–H groups in total. The van der Waals surface area contributed by atoms with Gasteiger partial charge in [0.25, 0.3) is 0 Å². The van der Waals surface area contributed by atoms with Crippen molar-refractivity contribution in [2.24, 2.45) is 0 Å². The minimum Gasteiger partial charge on any atom is -0.332 e. The smallest absolute Gasteiger partial charge is 0.131 e. The molecule has 0 unspecified atom stereocenters. The number of aromatic nitrogens is 3. The van der Waals surface area contributed by atoms with Crippen LogP contribution in [0.4, 0.5) is 10.8 Å². The highest BCUT2D eigenvalue weighted by atomic mass is 32.1. The highest BCUT2D eigenvalue weighted by molar-refractivity contribution is 7.16. The van der Waals surface area contributed by atoms with Gasteiger partial charge in [-0.25, -0.2) is 15.0 Å². The first kappa shape index (κ1) is 25.7. The fourth-order valence-corrected chi connectivity index (χ4v) is 4.64. The monoisotopic (exact) mass is 476 g/mol. The number of nitrogens with one attached hydrogen (secondary N) is 2. The summed E-state index contributed by atoms with van der Waals surface area (Å²) in [4.78, 5) is 16.4. The first-order chi connectivity index (χ1) is 16.6. The predicted molar refractivity (Wildman–Crippen MR) is 146 cm³/mol. The minimum atomic E-state index is 0.888. The number of allylic oxidation sites excluding steroid dienone is 2. The molecule has 0 spiro atoms. The third-order valence-electron chi connectivity index (χ3n) is 5.58. The Morgan fingerprint density at radius 1 is 1.18 bits per heavy atom. The largest absolute Gasteiger partial charge is 0.332 e. The molecule has 0 aliphatic rings. The van der Waals surface area contributed by atoms with Gasteiger partial charge in [0.1, 0.15) is 12.1 Å². The number of hydrogen-bond acceptors (Lipinski definition) is 7. The minimum absolute atomic E-state index is 0.888. The summed E-state index contributed by atoms with van der Waals surface area (Å²) in [7, 11) is 2.01. The van der Waals surface area contributed by atoms with E-state index in [-0.39, 0.29) is 0 Å². The molecule has 0 atom stereocenters. The number of nitrogens with zero attached hydrogens (tertiary/aromatic N) is 4. The van der Waals surface area contributed by atoms with Crippen LogP contribution in [0.2, 0.25) is 0 Å². The average molecular weight is 477 g/mol. The second-order valence-corrected chi connectivity index (χ2v) is 9.59. The van der Waals surface area contributed by atoms with E-state index in [0.717, 1.165) is 61.0 Å². The van der Waals surface area contributed by atoms with Gasteiger partial charge >= 0.3 is 0 Å². The molecule has 0 saturated carbocycles. The van der Waals surface area contributed by atoms with Gasteiger partial charge in [0.2, 0.25) is 0 Å². The lowest BCUT2D eigenvalue weighted by molar-refractivity contribution is 0.272. The maximum Gasteiger partial charge on any atom is 0.131 e. The van der Waals surface area contributed by atoms with Crippen LogP contribution in [0, 0.1) is 6.92 Å². The van der Waals surface area contributed by atoms with E-state index in [2.05, 4.69) is 75.2 Å². The Morgan fingerprint density at radius 3 is 2.76 bits per heavy atom. The highest BCUT2D eigenvalue weighted by Gasteiger charge is 2.07. The van der Waals surface area contributed by atoms with Crippen LogP contribution in [0.1, 0.15) is 41.3 Å². The van der Waals surface area contributed by atoms with Crippen molar-refractivity contribution in [1.29, 1.82) is 0 Å². The van der Waals surface area contributed by atoms with Crippen molar-refractivity contribution in [1.82, 2.24) is 25.2 Å². The van der Waals surface area contributed by atoms with E-state index < -0.39 is 0 Å². The van der Waals surface area contributed by atoms with Gasteiger partial charge in [-0.3, -0.25) is 0 Å². The van der Waals surface area contributed by atoms with Gasteiger partial charge in [-0.2, -0.15) is 0 Å². The zero-order valence-corrected chi connectivity index (χ0v) is 21.4. The number of anilines is 2. The van der Waals surface area contributed by atoms with Gasteiger partial charge in [0, 0.05) is 42.1 Å². The molecule has 7 heteroatoms. The van der Waals surface area contributed by atoms with Gasteiger partial charge in [0.15, 0.2) is 0 Å². The third-order valence-corrected chi connectivity index (χ3v) is 6.57. The average Bonchev–Trinajstić information content (AvgIpc) is 3.20. The molecule has 0 fully saturated rings. The van der Waals surface area contributed by atoms with Crippen molar-refractivity contribution in [2.45, 2.75) is 33.1 Å². The molecule has 180 valence electrons. The lowest BCUT2D eigenvalue weighted by Gasteiger charge is -2.21. The number of likely N-dealkylation sites (N-methyl/N-ethyl adjacent to an activating group) is 1. The number of hydrogen-bond donors (Lipinski definition) is 2. The Kier molecular flexibility index (Phi) is 10.4. The van der Waals surface area contributed by atoms with E-state index in [1.807, 2.05) is 19.3 Å². The van der Waals surface area contributed by atoms with Crippen molar-refractivity contribution in [3.63, 3.8) is 0 Å². The van der Waals surface area contributed by atoms with Gasteiger partial charge in [-0.15, -0.1) is 11.3 Å². The quantitative estimate of drug-likeness (QED) is 0.296. The molecule has 3 heterocycles. The Morgan fingerprint density at radius 2 is 2.00 bits per heavy atom. The van der Waals surface area contributed by atoms with Gasteiger partial charge in [-0.05, 0) is 81.2 Å². The second kappa shape index (κ2) is 13.7. The first-order valence-corrected chi connectivity index (χ1v) is 12.7. The lowest BCUT2D eigenvalue weighted by atomic mass is 10.1. The van der Waals surface area contributed by atoms with Crippen molar-refractivity contribution >= 4 is 33.8 Å². The van der Waals surface area contributed by atoms with Crippen LogP contribution in [0.25, 0.3) is 11.6 Å². The summed E-state index contributed by atoms with van der Waals surface area (Å²) in [5.41, 5.74) is 4.29. The van der Waals surface area contributed by atoms with Gasteiger partial charge < -0.3 is 15.5 Å². The number of rotatable bonds is 14. The Labute approximate surface area is 207 Å². The molecule has 0 saturated heterocycles. The molecule has 0 aliphatic heterocycles. The number of aryl methyl sites for hydroxylation is 2. The predicted octanol–water partition coefficient (Wildman–Crippen LogP) is 5.58. The van der Waals surface area contributed by atoms with Crippen molar-refractivity contribution in [3.05, 3.63) is 77.3 Å². The summed E-state index contributed by atoms with van der Waals surface area (Å²) in [6, 6.07) is 6.44. The molecule has 34 heavy (non-hydrogen) atoms. The molecular weight excluding hydrogens is 440 g/mol. The summed E-state index contributed by atoms with van der Waals surface area (Å²) in [6.45, 7) is 12.9. The van der Waals surface area contributed by atoms with E-state index in [1.54, 1.807) is 23.7 Å². The van der Waals surface area contributed by atoms with Crippen LogP contribution < -0.4 is 10.6 Å². The Hall–Kier alpha value is -2.87.